The first-order chi connectivity index (χ1) is 15.0. The number of benzene rings is 2. The molecule has 4 rings (SSSR count). The van der Waals surface area contributed by atoms with E-state index < -0.39 is 35.1 Å². The summed E-state index contributed by atoms with van der Waals surface area (Å²) in [6, 6.07) is 5.62. The molecule has 0 fully saturated rings. The van der Waals surface area contributed by atoms with Crippen LogP contribution in [0.2, 0.25) is 0 Å². The van der Waals surface area contributed by atoms with E-state index in [1.54, 1.807) is 17.0 Å². The van der Waals surface area contributed by atoms with Crippen LogP contribution < -0.4 is 0 Å². The molecule has 0 amide bonds. The number of H-pyrrole nitrogens is 1. The van der Waals surface area contributed by atoms with Crippen LogP contribution in [0.1, 0.15) is 42.3 Å². The highest BCUT2D eigenvalue weighted by atomic mass is 19.1. The summed E-state index contributed by atoms with van der Waals surface area (Å²) in [4.78, 5) is 15.5. The highest BCUT2D eigenvalue weighted by Gasteiger charge is 2.38. The van der Waals surface area contributed by atoms with Crippen LogP contribution in [0.3, 0.4) is 0 Å². The number of carboxylic acid groups (broad SMARTS) is 1. The molecule has 0 bridgehead atoms. The van der Waals surface area contributed by atoms with Gasteiger partial charge in [0.15, 0.2) is 0 Å². The van der Waals surface area contributed by atoms with Gasteiger partial charge in [0.05, 0.1) is 6.04 Å². The minimum atomic E-state index is -1.63. The molecule has 8 heteroatoms. The van der Waals surface area contributed by atoms with Crippen molar-refractivity contribution >= 4 is 22.9 Å². The van der Waals surface area contributed by atoms with E-state index in [1.165, 1.54) is 19.9 Å². The Morgan fingerprint density at radius 3 is 2.53 bits per heavy atom. The second kappa shape index (κ2) is 8.09. The first-order valence-electron chi connectivity index (χ1n) is 10.2. The van der Waals surface area contributed by atoms with Gasteiger partial charge in [0, 0.05) is 41.3 Å². The molecule has 168 valence electrons. The van der Waals surface area contributed by atoms with Gasteiger partial charge in [-0.25, -0.2) is 22.4 Å². The van der Waals surface area contributed by atoms with Crippen LogP contribution in [0.5, 0.6) is 0 Å². The second-order valence-corrected chi connectivity index (χ2v) is 8.59. The molecule has 0 saturated heterocycles. The van der Waals surface area contributed by atoms with Gasteiger partial charge in [-0.05, 0) is 61.7 Å². The minimum Gasteiger partial charge on any atom is -0.478 e. The molecule has 0 saturated carbocycles. The number of hydrogen-bond acceptors (Lipinski definition) is 2. The summed E-state index contributed by atoms with van der Waals surface area (Å²) in [7, 11) is 0. The van der Waals surface area contributed by atoms with Gasteiger partial charge in [-0.2, -0.15) is 0 Å². The Morgan fingerprint density at radius 1 is 1.22 bits per heavy atom. The van der Waals surface area contributed by atoms with E-state index in [-0.39, 0.29) is 24.2 Å². The van der Waals surface area contributed by atoms with Crippen LogP contribution in [0.15, 0.2) is 36.4 Å². The van der Waals surface area contributed by atoms with Crippen molar-refractivity contribution in [1.29, 1.82) is 0 Å². The lowest BCUT2D eigenvalue weighted by molar-refractivity contribution is -0.131. The molecule has 0 radical (unpaired) electrons. The van der Waals surface area contributed by atoms with Crippen molar-refractivity contribution < 1.29 is 27.5 Å². The summed E-state index contributed by atoms with van der Waals surface area (Å²) in [6.07, 6.45) is 2.27. The third-order valence-electron chi connectivity index (χ3n) is 5.57. The van der Waals surface area contributed by atoms with E-state index in [2.05, 4.69) is 4.98 Å². The SMILES string of the molecule is CC(C)(F)CN1CCc2c([nH]c3cccc(F)c23)C1c1c(F)cc(/C=C/C(=O)O)cc1F. The van der Waals surface area contributed by atoms with Gasteiger partial charge in [-0.15, -0.1) is 0 Å². The zero-order chi connectivity index (χ0) is 23.2. The maximum absolute atomic E-state index is 15.2. The molecule has 0 aliphatic carbocycles. The zero-order valence-corrected chi connectivity index (χ0v) is 17.6. The van der Waals surface area contributed by atoms with Crippen LogP contribution >= 0.6 is 0 Å². The summed E-state index contributed by atoms with van der Waals surface area (Å²) < 4.78 is 59.6. The topological polar surface area (TPSA) is 56.3 Å². The third kappa shape index (κ3) is 4.14. The molecule has 1 atom stereocenters. The average molecular weight is 446 g/mol. The number of hydrogen-bond donors (Lipinski definition) is 2. The predicted molar refractivity (Wildman–Crippen MR) is 114 cm³/mol. The summed E-state index contributed by atoms with van der Waals surface area (Å²) >= 11 is 0. The Hall–Kier alpha value is -3.13. The number of nitrogens with one attached hydrogen (secondary N) is 1. The molecule has 2 N–H and O–H groups in total. The van der Waals surface area contributed by atoms with E-state index in [9.17, 15) is 13.6 Å². The van der Waals surface area contributed by atoms with Gasteiger partial charge in [0.1, 0.15) is 23.1 Å². The van der Waals surface area contributed by atoms with Crippen molar-refractivity contribution in [3.63, 3.8) is 0 Å². The fourth-order valence-electron chi connectivity index (χ4n) is 4.46. The van der Waals surface area contributed by atoms with Gasteiger partial charge in [-0.1, -0.05) is 6.07 Å². The zero-order valence-electron chi connectivity index (χ0n) is 17.6. The lowest BCUT2D eigenvalue weighted by Crippen LogP contribution is -2.43. The van der Waals surface area contributed by atoms with E-state index >= 15 is 8.78 Å². The molecule has 1 unspecified atom stereocenters. The Kier molecular flexibility index (Phi) is 5.58. The van der Waals surface area contributed by atoms with Gasteiger partial charge in [-0.3, -0.25) is 4.90 Å². The van der Waals surface area contributed by atoms with Crippen molar-refractivity contribution in [3.05, 3.63) is 76.2 Å². The minimum absolute atomic E-state index is 0.0437. The van der Waals surface area contributed by atoms with Crippen molar-refractivity contribution in [1.82, 2.24) is 9.88 Å². The van der Waals surface area contributed by atoms with E-state index in [4.69, 9.17) is 5.11 Å². The van der Waals surface area contributed by atoms with E-state index in [0.717, 1.165) is 24.3 Å². The number of aromatic nitrogens is 1. The number of nitrogens with zero attached hydrogens (tertiary/aromatic N) is 1. The second-order valence-electron chi connectivity index (χ2n) is 8.59. The van der Waals surface area contributed by atoms with Crippen molar-refractivity contribution in [2.75, 3.05) is 13.1 Å². The molecule has 2 heterocycles. The number of aromatic amines is 1. The first-order valence-corrected chi connectivity index (χ1v) is 10.2. The van der Waals surface area contributed by atoms with Crippen LogP contribution in [0, 0.1) is 17.5 Å². The molecule has 3 aromatic rings. The first kappa shape index (κ1) is 22.1. The lowest BCUT2D eigenvalue weighted by Gasteiger charge is -2.38. The molecule has 2 aromatic carbocycles. The Morgan fingerprint density at radius 2 is 1.91 bits per heavy atom. The van der Waals surface area contributed by atoms with Crippen LogP contribution in [0.4, 0.5) is 17.6 Å². The fraction of sp³-hybridized carbons (Fsp3) is 0.292. The molecular weight excluding hydrogens is 424 g/mol. The number of alkyl halides is 1. The molecule has 1 aromatic heterocycles. The fourth-order valence-corrected chi connectivity index (χ4v) is 4.46. The molecule has 1 aliphatic heterocycles. The third-order valence-corrected chi connectivity index (χ3v) is 5.57. The standard InChI is InChI=1S/C24H22F4N2O2/c1-24(2,28)12-30-9-8-14-20-15(25)4-3-5-18(20)29-22(14)23(30)21-16(26)10-13(11-17(21)27)6-7-19(31)32/h3-7,10-11,23,29H,8-9,12H2,1-2H3,(H,31,32)/b7-6+. The predicted octanol–water partition coefficient (Wildman–Crippen LogP) is 5.38. The number of rotatable bonds is 5. The van der Waals surface area contributed by atoms with Crippen LogP contribution in [0.25, 0.3) is 17.0 Å². The highest BCUT2D eigenvalue weighted by molar-refractivity contribution is 5.86. The summed E-state index contributed by atoms with van der Waals surface area (Å²) in [5, 5.41) is 9.13. The number of aliphatic carboxylic acids is 1. The van der Waals surface area contributed by atoms with E-state index in [1.807, 2.05) is 0 Å². The van der Waals surface area contributed by atoms with Crippen LogP contribution in [-0.4, -0.2) is 39.7 Å². The number of carboxylic acids is 1. The Labute approximate surface area is 182 Å². The van der Waals surface area contributed by atoms with Gasteiger partial charge < -0.3 is 10.1 Å². The molecule has 4 nitrogen and oxygen atoms in total. The summed E-state index contributed by atoms with van der Waals surface area (Å²) in [5.74, 6) is -3.47. The quantitative estimate of drug-likeness (QED) is 0.409. The largest absolute Gasteiger partial charge is 0.478 e. The molecule has 0 spiro atoms. The Balaban J connectivity index is 1.90. The average Bonchev–Trinajstić information content (AvgIpc) is 3.06. The van der Waals surface area contributed by atoms with Crippen molar-refractivity contribution in [2.45, 2.75) is 32.0 Å². The van der Waals surface area contributed by atoms with Gasteiger partial charge in [0.25, 0.3) is 0 Å². The number of fused-ring (bicyclic) bond motifs is 3. The molecular formula is C24H22F4N2O2. The summed E-state index contributed by atoms with van der Waals surface area (Å²) in [6.45, 7) is 2.97. The molecule has 32 heavy (non-hydrogen) atoms. The molecule has 1 aliphatic rings. The lowest BCUT2D eigenvalue weighted by atomic mass is 9.90. The van der Waals surface area contributed by atoms with Gasteiger partial charge >= 0.3 is 5.97 Å². The van der Waals surface area contributed by atoms with Gasteiger partial charge in [0.2, 0.25) is 0 Å². The van der Waals surface area contributed by atoms with Crippen molar-refractivity contribution in [3.8, 4) is 0 Å². The number of halogens is 4. The normalized spacial score (nSPS) is 17.2. The van der Waals surface area contributed by atoms with Crippen molar-refractivity contribution in [2.24, 2.45) is 0 Å². The van der Waals surface area contributed by atoms with Crippen LogP contribution in [-0.2, 0) is 11.2 Å². The maximum Gasteiger partial charge on any atom is 0.328 e. The summed E-state index contributed by atoms with van der Waals surface area (Å²) in [5.41, 5.74) is -0.346. The Bertz CT molecular complexity index is 1200. The highest BCUT2D eigenvalue weighted by Crippen LogP contribution is 2.41. The maximum atomic E-state index is 15.2. The van der Waals surface area contributed by atoms with E-state index in [0.29, 0.717) is 28.6 Å². The smallest absolute Gasteiger partial charge is 0.328 e. The number of carbonyl (C=O) groups is 1. The monoisotopic (exact) mass is 446 g/mol.